The van der Waals surface area contributed by atoms with Crippen molar-refractivity contribution in [1.29, 1.82) is 0 Å². The fraction of sp³-hybridized carbons (Fsp3) is 0.333. The predicted molar refractivity (Wildman–Crippen MR) is 58.9 cm³/mol. The summed E-state index contributed by atoms with van der Waals surface area (Å²) in [5.74, 6) is 4.94. The normalized spacial score (nSPS) is 11.1. The molecule has 1 aromatic rings. The van der Waals surface area contributed by atoms with Crippen molar-refractivity contribution in [2.24, 2.45) is 0 Å². The molecule has 1 aromatic heterocycles. The smallest absolute Gasteiger partial charge is 0.298 e. The van der Waals surface area contributed by atoms with Crippen molar-refractivity contribution < 1.29 is 4.79 Å². The summed E-state index contributed by atoms with van der Waals surface area (Å²) in [5.41, 5.74) is 1.01. The maximum atomic E-state index is 11.5. The molecule has 0 spiro atoms. The van der Waals surface area contributed by atoms with Crippen molar-refractivity contribution in [2.75, 3.05) is 7.05 Å². The molecule has 0 N–H and O–H groups in total. The van der Waals surface area contributed by atoms with Crippen molar-refractivity contribution in [2.45, 2.75) is 19.9 Å². The summed E-state index contributed by atoms with van der Waals surface area (Å²) in [7, 11) is 1.74. The van der Waals surface area contributed by atoms with Crippen LogP contribution in [-0.2, 0) is 4.79 Å². The second-order valence-corrected chi connectivity index (χ2v) is 3.25. The van der Waals surface area contributed by atoms with Crippen molar-refractivity contribution in [3.63, 3.8) is 0 Å². The zero-order chi connectivity index (χ0) is 11.3. The Balaban J connectivity index is 2.80. The first-order chi connectivity index (χ1) is 7.16. The molecular formula is C12H14N2O. The van der Waals surface area contributed by atoms with Crippen molar-refractivity contribution in [1.82, 2.24) is 9.88 Å². The summed E-state index contributed by atoms with van der Waals surface area (Å²) in [6.07, 6.45) is 3.47. The fourth-order valence-electron chi connectivity index (χ4n) is 1.22. The number of carbonyl (C=O) groups is 1. The van der Waals surface area contributed by atoms with E-state index in [9.17, 15) is 4.79 Å². The Morgan fingerprint density at radius 3 is 2.87 bits per heavy atom. The van der Waals surface area contributed by atoms with E-state index in [1.54, 1.807) is 31.3 Å². The number of nitrogens with zero attached hydrogens (tertiary/aromatic N) is 2. The van der Waals surface area contributed by atoms with Gasteiger partial charge >= 0.3 is 0 Å². The van der Waals surface area contributed by atoms with Crippen molar-refractivity contribution in [3.05, 3.63) is 30.1 Å². The molecule has 0 bridgehead atoms. The van der Waals surface area contributed by atoms with Gasteiger partial charge in [-0.15, -0.1) is 0 Å². The lowest BCUT2D eigenvalue weighted by atomic mass is 10.1. The van der Waals surface area contributed by atoms with Crippen LogP contribution in [0.25, 0.3) is 0 Å². The van der Waals surface area contributed by atoms with Gasteiger partial charge in [0.25, 0.3) is 5.91 Å². The Kier molecular flexibility index (Phi) is 3.87. The van der Waals surface area contributed by atoms with E-state index in [0.717, 1.165) is 5.56 Å². The van der Waals surface area contributed by atoms with Gasteiger partial charge in [-0.05, 0) is 31.4 Å². The molecule has 1 unspecified atom stereocenters. The average molecular weight is 202 g/mol. The number of amides is 1. The molecule has 15 heavy (non-hydrogen) atoms. The zero-order valence-electron chi connectivity index (χ0n) is 9.19. The minimum Gasteiger partial charge on any atom is -0.328 e. The summed E-state index contributed by atoms with van der Waals surface area (Å²) in [5, 5.41) is 0. The van der Waals surface area contributed by atoms with E-state index < -0.39 is 0 Å². The molecule has 0 radical (unpaired) electrons. The lowest BCUT2D eigenvalue weighted by Gasteiger charge is -2.22. The lowest BCUT2D eigenvalue weighted by molar-refractivity contribution is -0.125. The Bertz CT molecular complexity index is 389. The fourth-order valence-corrected chi connectivity index (χ4v) is 1.22. The van der Waals surface area contributed by atoms with Crippen LogP contribution in [0.3, 0.4) is 0 Å². The minimum absolute atomic E-state index is 0.00736. The van der Waals surface area contributed by atoms with Crippen LogP contribution < -0.4 is 0 Å². The highest BCUT2D eigenvalue weighted by molar-refractivity contribution is 5.93. The van der Waals surface area contributed by atoms with Crippen molar-refractivity contribution >= 4 is 5.91 Å². The molecule has 0 aliphatic carbocycles. The van der Waals surface area contributed by atoms with Crippen LogP contribution >= 0.6 is 0 Å². The Hall–Kier alpha value is -1.82. The van der Waals surface area contributed by atoms with E-state index >= 15 is 0 Å². The summed E-state index contributed by atoms with van der Waals surface area (Å²) in [4.78, 5) is 17.1. The van der Waals surface area contributed by atoms with Crippen LogP contribution in [0.15, 0.2) is 24.5 Å². The first kappa shape index (κ1) is 11.3. The Morgan fingerprint density at radius 2 is 2.33 bits per heavy atom. The number of hydrogen-bond acceptors (Lipinski definition) is 2. The molecule has 3 nitrogen and oxygen atoms in total. The van der Waals surface area contributed by atoms with Gasteiger partial charge in [0.1, 0.15) is 0 Å². The topological polar surface area (TPSA) is 33.2 Å². The van der Waals surface area contributed by atoms with E-state index in [1.807, 2.05) is 19.1 Å². The van der Waals surface area contributed by atoms with Crippen LogP contribution in [0.2, 0.25) is 0 Å². The van der Waals surface area contributed by atoms with E-state index in [0.29, 0.717) is 0 Å². The third-order valence-corrected chi connectivity index (χ3v) is 2.30. The van der Waals surface area contributed by atoms with E-state index in [4.69, 9.17) is 0 Å². The minimum atomic E-state index is -0.172. The first-order valence-electron chi connectivity index (χ1n) is 4.76. The molecule has 1 heterocycles. The molecular weight excluding hydrogens is 188 g/mol. The van der Waals surface area contributed by atoms with Gasteiger partial charge < -0.3 is 4.90 Å². The summed E-state index contributed by atoms with van der Waals surface area (Å²) < 4.78 is 0. The Labute approximate surface area is 90.1 Å². The highest BCUT2D eigenvalue weighted by atomic mass is 16.2. The van der Waals surface area contributed by atoms with Crippen LogP contribution in [0.1, 0.15) is 25.5 Å². The Morgan fingerprint density at radius 1 is 1.60 bits per heavy atom. The quantitative estimate of drug-likeness (QED) is 0.683. The molecule has 0 fully saturated rings. The summed E-state index contributed by atoms with van der Waals surface area (Å²) >= 11 is 0. The van der Waals surface area contributed by atoms with Gasteiger partial charge in [-0.25, -0.2) is 0 Å². The van der Waals surface area contributed by atoms with Crippen LogP contribution in [0, 0.1) is 11.8 Å². The van der Waals surface area contributed by atoms with Gasteiger partial charge in [-0.1, -0.05) is 12.0 Å². The maximum absolute atomic E-state index is 11.5. The number of pyridine rings is 1. The number of hydrogen-bond donors (Lipinski definition) is 0. The van der Waals surface area contributed by atoms with E-state index in [1.165, 1.54) is 0 Å². The van der Waals surface area contributed by atoms with Gasteiger partial charge in [0, 0.05) is 19.4 Å². The van der Waals surface area contributed by atoms with Gasteiger partial charge in [0.05, 0.1) is 6.04 Å². The molecule has 1 amide bonds. The first-order valence-corrected chi connectivity index (χ1v) is 4.76. The second kappa shape index (κ2) is 5.16. The van der Waals surface area contributed by atoms with Gasteiger partial charge in [-0.2, -0.15) is 0 Å². The number of carbonyl (C=O) groups excluding carboxylic acids is 1. The maximum Gasteiger partial charge on any atom is 0.298 e. The predicted octanol–water partition coefficient (Wildman–Crippen LogP) is 1.62. The molecule has 3 heteroatoms. The standard InChI is InChI=1S/C12H14N2O/c1-4-6-12(15)14(3)10(2)11-7-5-8-13-9-11/h5,7-10H,1-3H3. The SMILES string of the molecule is CC#CC(=O)N(C)C(C)c1cccnc1. The highest BCUT2D eigenvalue weighted by Gasteiger charge is 2.15. The lowest BCUT2D eigenvalue weighted by Crippen LogP contribution is -2.28. The van der Waals surface area contributed by atoms with Crippen molar-refractivity contribution in [3.8, 4) is 11.8 Å². The highest BCUT2D eigenvalue weighted by Crippen LogP contribution is 2.16. The summed E-state index contributed by atoms with van der Waals surface area (Å²) in [6, 6.07) is 3.79. The number of rotatable bonds is 2. The van der Waals surface area contributed by atoms with Gasteiger partial charge in [0.15, 0.2) is 0 Å². The molecule has 0 saturated carbocycles. The van der Waals surface area contributed by atoms with Crippen LogP contribution in [0.4, 0.5) is 0 Å². The zero-order valence-corrected chi connectivity index (χ0v) is 9.19. The molecule has 0 saturated heterocycles. The third-order valence-electron chi connectivity index (χ3n) is 2.30. The second-order valence-electron chi connectivity index (χ2n) is 3.25. The largest absolute Gasteiger partial charge is 0.328 e. The van der Waals surface area contributed by atoms with E-state index in [2.05, 4.69) is 16.8 Å². The molecule has 78 valence electrons. The molecule has 1 atom stereocenters. The third kappa shape index (κ3) is 2.81. The monoisotopic (exact) mass is 202 g/mol. The molecule has 0 aliphatic rings. The van der Waals surface area contributed by atoms with E-state index in [-0.39, 0.29) is 11.9 Å². The van der Waals surface area contributed by atoms with Crippen LogP contribution in [0.5, 0.6) is 0 Å². The number of aromatic nitrogens is 1. The molecule has 0 aliphatic heterocycles. The summed E-state index contributed by atoms with van der Waals surface area (Å²) in [6.45, 7) is 3.60. The van der Waals surface area contributed by atoms with Crippen LogP contribution in [-0.4, -0.2) is 22.8 Å². The average Bonchev–Trinajstić information content (AvgIpc) is 2.28. The molecule has 1 rings (SSSR count). The van der Waals surface area contributed by atoms with Gasteiger partial charge in [0.2, 0.25) is 0 Å². The molecule has 0 aromatic carbocycles. The van der Waals surface area contributed by atoms with Gasteiger partial charge in [-0.3, -0.25) is 9.78 Å².